The molecule has 0 spiro atoms. The molecule has 4 nitrogen and oxygen atoms in total. The fourth-order valence-electron chi connectivity index (χ4n) is 1.62. The van der Waals surface area contributed by atoms with E-state index in [1.807, 2.05) is 0 Å². The lowest BCUT2D eigenvalue weighted by atomic mass is 10.00. The molecule has 0 aromatic carbocycles. The Bertz CT molecular complexity index is 196. The van der Waals surface area contributed by atoms with Crippen LogP contribution in [0.2, 0.25) is 0 Å². The Morgan fingerprint density at radius 2 is 2.12 bits per heavy atom. The molecule has 0 saturated carbocycles. The van der Waals surface area contributed by atoms with Gasteiger partial charge >= 0.3 is 0 Å². The lowest BCUT2D eigenvalue weighted by molar-refractivity contribution is -0.127. The monoisotopic (exact) mass is 247 g/mol. The van der Waals surface area contributed by atoms with Crippen molar-refractivity contribution >= 4 is 17.7 Å². The number of hydrogen-bond donors (Lipinski definition) is 2. The number of ether oxygens (including phenoxy) is 1. The van der Waals surface area contributed by atoms with E-state index < -0.39 is 0 Å². The van der Waals surface area contributed by atoms with E-state index in [4.69, 9.17) is 9.84 Å². The third-order valence-electron chi connectivity index (χ3n) is 2.58. The van der Waals surface area contributed by atoms with Gasteiger partial charge in [-0.2, -0.15) is 11.8 Å². The molecule has 0 radical (unpaired) electrons. The van der Waals surface area contributed by atoms with E-state index in [2.05, 4.69) is 5.32 Å². The largest absolute Gasteiger partial charge is 0.396 e. The number of nitrogens with one attached hydrogen (secondary N) is 1. The lowest BCUT2D eigenvalue weighted by Gasteiger charge is -2.21. The Labute approximate surface area is 101 Å². The van der Waals surface area contributed by atoms with Crippen LogP contribution in [-0.4, -0.2) is 48.9 Å². The second-order valence-electron chi connectivity index (χ2n) is 3.87. The van der Waals surface area contributed by atoms with Crippen LogP contribution in [-0.2, 0) is 9.53 Å². The molecule has 0 aromatic heterocycles. The van der Waals surface area contributed by atoms with Gasteiger partial charge in [0.2, 0.25) is 5.91 Å². The van der Waals surface area contributed by atoms with Crippen molar-refractivity contribution in [1.82, 2.24) is 5.32 Å². The summed E-state index contributed by atoms with van der Waals surface area (Å²) in [7, 11) is 0. The van der Waals surface area contributed by atoms with E-state index in [0.717, 1.165) is 37.3 Å². The molecule has 0 atom stereocenters. The maximum atomic E-state index is 11.7. The number of thioether (sulfide) groups is 1. The summed E-state index contributed by atoms with van der Waals surface area (Å²) in [5.41, 5.74) is 0. The topological polar surface area (TPSA) is 58.6 Å². The molecule has 0 aromatic rings. The van der Waals surface area contributed by atoms with Crippen molar-refractivity contribution < 1.29 is 14.6 Å². The molecule has 1 aliphatic heterocycles. The molecular weight excluding hydrogens is 226 g/mol. The highest BCUT2D eigenvalue weighted by atomic mass is 32.2. The van der Waals surface area contributed by atoms with E-state index in [0.29, 0.717) is 13.2 Å². The van der Waals surface area contributed by atoms with E-state index in [-0.39, 0.29) is 18.4 Å². The van der Waals surface area contributed by atoms with Crippen LogP contribution in [0, 0.1) is 5.92 Å². The number of amides is 1. The first-order valence-electron chi connectivity index (χ1n) is 5.88. The minimum atomic E-state index is 0.149. The summed E-state index contributed by atoms with van der Waals surface area (Å²) < 4.78 is 5.21. The molecule has 0 unspecified atom stereocenters. The van der Waals surface area contributed by atoms with Crippen molar-refractivity contribution in [3.05, 3.63) is 0 Å². The zero-order valence-electron chi connectivity index (χ0n) is 9.61. The van der Waals surface area contributed by atoms with Crippen molar-refractivity contribution in [2.45, 2.75) is 19.3 Å². The summed E-state index contributed by atoms with van der Waals surface area (Å²) in [6, 6.07) is 0. The van der Waals surface area contributed by atoms with Crippen molar-refractivity contribution in [3.8, 4) is 0 Å². The number of aliphatic hydroxyl groups excluding tert-OH is 1. The van der Waals surface area contributed by atoms with Gasteiger partial charge in [0, 0.05) is 38.0 Å². The predicted molar refractivity (Wildman–Crippen MR) is 65.6 cm³/mol. The van der Waals surface area contributed by atoms with Crippen LogP contribution in [0.3, 0.4) is 0 Å². The van der Waals surface area contributed by atoms with Gasteiger partial charge in [-0.25, -0.2) is 0 Å². The zero-order valence-corrected chi connectivity index (χ0v) is 10.4. The van der Waals surface area contributed by atoms with Crippen molar-refractivity contribution in [2.75, 3.05) is 37.9 Å². The van der Waals surface area contributed by atoms with Gasteiger partial charge in [0.1, 0.15) is 0 Å². The zero-order chi connectivity index (χ0) is 11.6. The van der Waals surface area contributed by atoms with Crippen LogP contribution >= 0.6 is 11.8 Å². The van der Waals surface area contributed by atoms with Crippen LogP contribution in [0.4, 0.5) is 0 Å². The Morgan fingerprint density at radius 3 is 2.81 bits per heavy atom. The molecule has 5 heteroatoms. The smallest absolute Gasteiger partial charge is 0.223 e. The Kier molecular flexibility index (Phi) is 7.63. The minimum absolute atomic E-state index is 0.149. The second kappa shape index (κ2) is 8.84. The van der Waals surface area contributed by atoms with Crippen LogP contribution in [0.25, 0.3) is 0 Å². The maximum absolute atomic E-state index is 11.7. The van der Waals surface area contributed by atoms with Gasteiger partial charge < -0.3 is 15.2 Å². The Balaban J connectivity index is 1.97. The number of carbonyl (C=O) groups excluding carboxylic acids is 1. The molecule has 1 fully saturated rings. The highest BCUT2D eigenvalue weighted by Crippen LogP contribution is 2.14. The van der Waals surface area contributed by atoms with Crippen molar-refractivity contribution in [2.24, 2.45) is 5.92 Å². The fourth-order valence-corrected chi connectivity index (χ4v) is 2.40. The first-order chi connectivity index (χ1) is 7.84. The van der Waals surface area contributed by atoms with E-state index in [9.17, 15) is 4.79 Å². The Morgan fingerprint density at radius 1 is 1.38 bits per heavy atom. The highest BCUT2D eigenvalue weighted by molar-refractivity contribution is 7.99. The van der Waals surface area contributed by atoms with Gasteiger partial charge in [0.05, 0.1) is 0 Å². The second-order valence-corrected chi connectivity index (χ2v) is 5.09. The summed E-state index contributed by atoms with van der Waals surface area (Å²) in [6.45, 7) is 2.40. The maximum Gasteiger partial charge on any atom is 0.223 e. The highest BCUT2D eigenvalue weighted by Gasteiger charge is 2.20. The molecule has 2 N–H and O–H groups in total. The number of rotatable bonds is 7. The van der Waals surface area contributed by atoms with Gasteiger partial charge in [0.25, 0.3) is 0 Å². The fraction of sp³-hybridized carbons (Fsp3) is 0.909. The van der Waals surface area contributed by atoms with Crippen LogP contribution < -0.4 is 5.32 Å². The lowest BCUT2D eigenvalue weighted by Crippen LogP contribution is -2.35. The third-order valence-corrected chi connectivity index (χ3v) is 3.65. The van der Waals surface area contributed by atoms with Crippen molar-refractivity contribution in [3.63, 3.8) is 0 Å². The number of carbonyl (C=O) groups is 1. The molecule has 1 amide bonds. The van der Waals surface area contributed by atoms with Gasteiger partial charge in [-0.05, 0) is 25.0 Å². The summed E-state index contributed by atoms with van der Waals surface area (Å²) in [6.07, 6.45) is 2.53. The van der Waals surface area contributed by atoms with E-state index in [1.54, 1.807) is 11.8 Å². The van der Waals surface area contributed by atoms with Crippen LogP contribution in [0.5, 0.6) is 0 Å². The van der Waals surface area contributed by atoms with E-state index >= 15 is 0 Å². The van der Waals surface area contributed by atoms with Crippen molar-refractivity contribution in [1.29, 1.82) is 0 Å². The predicted octanol–water partition coefficient (Wildman–Crippen LogP) is 0.645. The van der Waals surface area contributed by atoms with Gasteiger partial charge in [-0.3, -0.25) is 4.79 Å². The molecule has 1 rings (SSSR count). The average molecular weight is 247 g/mol. The first-order valence-corrected chi connectivity index (χ1v) is 7.04. The molecule has 1 heterocycles. The summed E-state index contributed by atoms with van der Waals surface area (Å²) in [5.74, 6) is 2.21. The van der Waals surface area contributed by atoms with Gasteiger partial charge in [-0.15, -0.1) is 0 Å². The van der Waals surface area contributed by atoms with Crippen LogP contribution in [0.15, 0.2) is 0 Å². The summed E-state index contributed by atoms with van der Waals surface area (Å²) in [5, 5.41) is 11.5. The molecule has 0 aliphatic carbocycles. The quantitative estimate of drug-likeness (QED) is 0.648. The number of hydrogen-bond acceptors (Lipinski definition) is 4. The van der Waals surface area contributed by atoms with E-state index in [1.165, 1.54) is 0 Å². The molecule has 1 saturated heterocycles. The molecule has 94 valence electrons. The standard InChI is InChI=1S/C11H21NO3S/c13-5-1-8-16-9-4-12-11(14)10-2-6-15-7-3-10/h10,13H,1-9H2,(H,12,14). The SMILES string of the molecule is O=C(NCCSCCCO)C1CCOCC1. The average Bonchev–Trinajstić information content (AvgIpc) is 2.34. The summed E-state index contributed by atoms with van der Waals surface area (Å²) in [4.78, 5) is 11.7. The Hall–Kier alpha value is -0.260. The third kappa shape index (κ3) is 5.72. The van der Waals surface area contributed by atoms with Gasteiger partial charge in [-0.1, -0.05) is 0 Å². The first kappa shape index (κ1) is 13.8. The van der Waals surface area contributed by atoms with Gasteiger partial charge in [0.15, 0.2) is 0 Å². The summed E-state index contributed by atoms with van der Waals surface area (Å²) >= 11 is 1.77. The molecule has 0 bridgehead atoms. The number of aliphatic hydroxyl groups is 1. The van der Waals surface area contributed by atoms with Crippen LogP contribution in [0.1, 0.15) is 19.3 Å². The molecular formula is C11H21NO3S. The minimum Gasteiger partial charge on any atom is -0.396 e. The molecule has 16 heavy (non-hydrogen) atoms. The molecule has 1 aliphatic rings. The normalized spacial score (nSPS) is 17.3.